The highest BCUT2D eigenvalue weighted by Crippen LogP contribution is 2.14. The number of hydrogen-bond donors (Lipinski definition) is 0. The molecule has 1 aromatic carbocycles. The molecule has 3 heteroatoms. The van der Waals surface area contributed by atoms with Gasteiger partial charge in [0.2, 0.25) is 0 Å². The fourth-order valence-electron chi connectivity index (χ4n) is 1.00. The number of para-hydroxylation sites is 1. The number of carbonyl (C=O) groups excluding carboxylic acids is 1. The van der Waals surface area contributed by atoms with Crippen LogP contribution in [0.4, 0.5) is 0 Å². The van der Waals surface area contributed by atoms with Gasteiger partial charge in [0.05, 0.1) is 0 Å². The summed E-state index contributed by atoms with van der Waals surface area (Å²) in [5.74, 6) is 0. The molecule has 0 spiro atoms. The van der Waals surface area contributed by atoms with Crippen molar-refractivity contribution in [3.05, 3.63) is 30.2 Å². The SMILES string of the molecule is O=Cc1cccc2ocnc12. The van der Waals surface area contributed by atoms with Crippen molar-refractivity contribution < 1.29 is 9.21 Å². The minimum absolute atomic E-state index is 0.566. The average Bonchev–Trinajstić information content (AvgIpc) is 2.50. The van der Waals surface area contributed by atoms with E-state index in [-0.39, 0.29) is 0 Å². The molecule has 0 amide bonds. The largest absolute Gasteiger partial charge is 0.443 e. The first-order valence-corrected chi connectivity index (χ1v) is 3.19. The zero-order valence-electron chi connectivity index (χ0n) is 5.65. The molecule has 1 aromatic heterocycles. The van der Waals surface area contributed by atoms with Gasteiger partial charge in [0.25, 0.3) is 0 Å². The fourth-order valence-corrected chi connectivity index (χ4v) is 1.00. The Morgan fingerprint density at radius 3 is 3.18 bits per heavy atom. The number of benzene rings is 1. The van der Waals surface area contributed by atoms with Gasteiger partial charge in [-0.3, -0.25) is 4.79 Å². The number of oxazole rings is 1. The lowest BCUT2D eigenvalue weighted by atomic mass is 10.2. The van der Waals surface area contributed by atoms with Gasteiger partial charge >= 0.3 is 0 Å². The molecule has 0 N–H and O–H groups in total. The maximum Gasteiger partial charge on any atom is 0.182 e. The molecule has 0 fully saturated rings. The van der Waals surface area contributed by atoms with Crippen LogP contribution in [0.25, 0.3) is 11.1 Å². The maximum atomic E-state index is 10.4. The highest BCUT2D eigenvalue weighted by Gasteiger charge is 2.01. The number of hydrogen-bond acceptors (Lipinski definition) is 3. The van der Waals surface area contributed by atoms with Crippen molar-refractivity contribution in [3.8, 4) is 0 Å². The minimum atomic E-state index is 0.566. The van der Waals surface area contributed by atoms with E-state index in [1.165, 1.54) is 6.39 Å². The lowest BCUT2D eigenvalue weighted by molar-refractivity contribution is 0.112. The molecule has 2 aromatic rings. The minimum Gasteiger partial charge on any atom is -0.443 e. The lowest BCUT2D eigenvalue weighted by Crippen LogP contribution is -1.80. The first-order chi connectivity index (χ1) is 5.42. The van der Waals surface area contributed by atoms with Gasteiger partial charge in [-0.2, -0.15) is 0 Å². The van der Waals surface area contributed by atoms with E-state index in [1.807, 2.05) is 0 Å². The van der Waals surface area contributed by atoms with E-state index in [9.17, 15) is 4.79 Å². The van der Waals surface area contributed by atoms with Crippen molar-refractivity contribution in [2.75, 3.05) is 0 Å². The van der Waals surface area contributed by atoms with E-state index in [2.05, 4.69) is 4.98 Å². The Bertz CT molecular complexity index is 392. The van der Waals surface area contributed by atoms with E-state index in [0.717, 1.165) is 6.29 Å². The lowest BCUT2D eigenvalue weighted by Gasteiger charge is -1.87. The number of carbonyl (C=O) groups is 1. The summed E-state index contributed by atoms with van der Waals surface area (Å²) in [5.41, 5.74) is 1.84. The van der Waals surface area contributed by atoms with Crippen LogP contribution in [0, 0.1) is 0 Å². The predicted octanol–water partition coefficient (Wildman–Crippen LogP) is 1.64. The molecule has 2 rings (SSSR count). The van der Waals surface area contributed by atoms with Gasteiger partial charge in [0.15, 0.2) is 18.3 Å². The Morgan fingerprint density at radius 2 is 2.36 bits per heavy atom. The number of fused-ring (bicyclic) bond motifs is 1. The summed E-state index contributed by atoms with van der Waals surface area (Å²) in [4.78, 5) is 14.3. The quantitative estimate of drug-likeness (QED) is 0.576. The Balaban J connectivity index is 2.88. The molecule has 11 heavy (non-hydrogen) atoms. The molecule has 0 saturated heterocycles. The number of rotatable bonds is 1. The molecule has 54 valence electrons. The van der Waals surface area contributed by atoms with Crippen LogP contribution in [0.3, 0.4) is 0 Å². The van der Waals surface area contributed by atoms with Crippen molar-refractivity contribution in [2.45, 2.75) is 0 Å². The standard InChI is InChI=1S/C8H5NO2/c10-4-6-2-1-3-7-8(6)9-5-11-7/h1-5H. The van der Waals surface area contributed by atoms with E-state index >= 15 is 0 Å². The molecule has 0 bridgehead atoms. The Morgan fingerprint density at radius 1 is 1.45 bits per heavy atom. The van der Waals surface area contributed by atoms with Crippen LogP contribution in [0.15, 0.2) is 29.0 Å². The molecule has 0 unspecified atom stereocenters. The third-order valence-electron chi connectivity index (χ3n) is 1.52. The predicted molar refractivity (Wildman–Crippen MR) is 39.4 cm³/mol. The van der Waals surface area contributed by atoms with Crippen molar-refractivity contribution in [2.24, 2.45) is 0 Å². The van der Waals surface area contributed by atoms with Gasteiger partial charge in [0, 0.05) is 5.56 Å². The van der Waals surface area contributed by atoms with Crippen LogP contribution in [-0.2, 0) is 0 Å². The normalized spacial score (nSPS) is 10.2. The van der Waals surface area contributed by atoms with Gasteiger partial charge < -0.3 is 4.42 Å². The van der Waals surface area contributed by atoms with Crippen LogP contribution in [0.5, 0.6) is 0 Å². The van der Waals surface area contributed by atoms with Crippen LogP contribution in [-0.4, -0.2) is 11.3 Å². The van der Waals surface area contributed by atoms with E-state index in [1.54, 1.807) is 18.2 Å². The number of nitrogens with zero attached hydrogens (tertiary/aromatic N) is 1. The zero-order chi connectivity index (χ0) is 7.68. The van der Waals surface area contributed by atoms with E-state index < -0.39 is 0 Å². The van der Waals surface area contributed by atoms with Crippen molar-refractivity contribution >= 4 is 17.4 Å². The van der Waals surface area contributed by atoms with Crippen LogP contribution < -0.4 is 0 Å². The van der Waals surface area contributed by atoms with Crippen molar-refractivity contribution in [1.82, 2.24) is 4.98 Å². The molecule has 0 aliphatic rings. The summed E-state index contributed by atoms with van der Waals surface area (Å²) in [7, 11) is 0. The topological polar surface area (TPSA) is 43.1 Å². The second kappa shape index (κ2) is 2.20. The van der Waals surface area contributed by atoms with Gasteiger partial charge in [-0.15, -0.1) is 0 Å². The molecule has 1 heterocycles. The summed E-state index contributed by atoms with van der Waals surface area (Å²) in [6, 6.07) is 5.24. The summed E-state index contributed by atoms with van der Waals surface area (Å²) in [6.45, 7) is 0. The molecule has 0 saturated carbocycles. The second-order valence-electron chi connectivity index (χ2n) is 2.16. The Hall–Kier alpha value is -1.64. The Labute approximate surface area is 62.7 Å². The summed E-state index contributed by atoms with van der Waals surface area (Å²) < 4.78 is 4.99. The van der Waals surface area contributed by atoms with Crippen LogP contribution in [0.2, 0.25) is 0 Å². The van der Waals surface area contributed by atoms with Gasteiger partial charge in [0.1, 0.15) is 5.52 Å². The average molecular weight is 147 g/mol. The zero-order valence-corrected chi connectivity index (χ0v) is 5.65. The molecule has 0 radical (unpaired) electrons. The first-order valence-electron chi connectivity index (χ1n) is 3.19. The molecule has 3 nitrogen and oxygen atoms in total. The molecule has 0 aliphatic carbocycles. The van der Waals surface area contributed by atoms with E-state index in [0.29, 0.717) is 16.7 Å². The highest BCUT2D eigenvalue weighted by atomic mass is 16.3. The number of aromatic nitrogens is 1. The Kier molecular flexibility index (Phi) is 1.22. The summed E-state index contributed by atoms with van der Waals surface area (Å²) >= 11 is 0. The monoisotopic (exact) mass is 147 g/mol. The molecular formula is C8H5NO2. The van der Waals surface area contributed by atoms with Crippen molar-refractivity contribution in [3.63, 3.8) is 0 Å². The summed E-state index contributed by atoms with van der Waals surface area (Å²) in [5, 5.41) is 0. The smallest absolute Gasteiger partial charge is 0.182 e. The molecular weight excluding hydrogens is 142 g/mol. The fraction of sp³-hybridized carbons (Fsp3) is 0. The van der Waals surface area contributed by atoms with Crippen LogP contribution in [0.1, 0.15) is 10.4 Å². The summed E-state index contributed by atoms with van der Waals surface area (Å²) in [6.07, 6.45) is 2.10. The van der Waals surface area contributed by atoms with Gasteiger partial charge in [-0.25, -0.2) is 4.98 Å². The second-order valence-corrected chi connectivity index (χ2v) is 2.16. The van der Waals surface area contributed by atoms with Gasteiger partial charge in [-0.1, -0.05) is 6.07 Å². The van der Waals surface area contributed by atoms with E-state index in [4.69, 9.17) is 4.42 Å². The van der Waals surface area contributed by atoms with Crippen molar-refractivity contribution in [1.29, 1.82) is 0 Å². The maximum absolute atomic E-state index is 10.4. The van der Waals surface area contributed by atoms with Gasteiger partial charge in [-0.05, 0) is 12.1 Å². The number of aldehydes is 1. The van der Waals surface area contributed by atoms with Crippen LogP contribution >= 0.6 is 0 Å². The highest BCUT2D eigenvalue weighted by molar-refractivity contribution is 5.92. The third kappa shape index (κ3) is 0.816. The first kappa shape index (κ1) is 6.09. The molecule has 0 atom stereocenters. The third-order valence-corrected chi connectivity index (χ3v) is 1.52. The molecule has 0 aliphatic heterocycles.